The molecule has 2 N–H and O–H groups in total. The molecule has 0 aliphatic rings. The Kier molecular flexibility index (Phi) is 6.69. The molecule has 4 nitrogen and oxygen atoms in total. The largest absolute Gasteiger partial charge is 0.497 e. The maximum Gasteiger partial charge on any atom is 0.227 e. The summed E-state index contributed by atoms with van der Waals surface area (Å²) in [7, 11) is 1.64. The Balaban J connectivity index is 2.71. The van der Waals surface area contributed by atoms with E-state index in [2.05, 4.69) is 20.8 Å². The van der Waals surface area contributed by atoms with E-state index in [-0.39, 0.29) is 11.3 Å². The van der Waals surface area contributed by atoms with Gasteiger partial charge in [-0.2, -0.15) is 0 Å². The van der Waals surface area contributed by atoms with Crippen LogP contribution in [-0.2, 0) is 11.2 Å². The van der Waals surface area contributed by atoms with E-state index in [0.29, 0.717) is 19.5 Å². The molecule has 4 heteroatoms. The number of hydrogen-bond acceptors (Lipinski definition) is 3. The van der Waals surface area contributed by atoms with Crippen molar-refractivity contribution < 1.29 is 9.53 Å². The molecule has 0 aliphatic carbocycles. The highest BCUT2D eigenvalue weighted by atomic mass is 16.5. The Bertz CT molecular complexity index is 441. The van der Waals surface area contributed by atoms with Gasteiger partial charge in [-0.1, -0.05) is 32.9 Å². The lowest BCUT2D eigenvalue weighted by molar-refractivity contribution is -0.131. The Morgan fingerprint density at radius 1 is 1.29 bits per heavy atom. The molecular weight excluding hydrogens is 264 g/mol. The minimum Gasteiger partial charge on any atom is -0.497 e. The van der Waals surface area contributed by atoms with Crippen molar-refractivity contribution in [3.63, 3.8) is 0 Å². The van der Waals surface area contributed by atoms with Gasteiger partial charge in [-0.25, -0.2) is 0 Å². The van der Waals surface area contributed by atoms with Crippen LogP contribution in [0.25, 0.3) is 0 Å². The molecule has 0 atom stereocenters. The van der Waals surface area contributed by atoms with Crippen LogP contribution in [0.1, 0.15) is 32.8 Å². The average Bonchev–Trinajstić information content (AvgIpc) is 2.47. The molecule has 0 saturated carbocycles. The van der Waals surface area contributed by atoms with Gasteiger partial charge in [0.05, 0.1) is 13.5 Å². The van der Waals surface area contributed by atoms with Crippen molar-refractivity contribution in [3.05, 3.63) is 29.8 Å². The topological polar surface area (TPSA) is 55.6 Å². The van der Waals surface area contributed by atoms with Crippen LogP contribution in [0.5, 0.6) is 5.75 Å². The number of amides is 1. The SMILES string of the molecule is CCCN(CC(C)(C)CN)C(=O)Cc1ccc(OC)cc1. The lowest BCUT2D eigenvalue weighted by Crippen LogP contribution is -2.43. The van der Waals surface area contributed by atoms with Crippen molar-refractivity contribution in [1.29, 1.82) is 0 Å². The number of hydrogen-bond donors (Lipinski definition) is 1. The third-order valence-electron chi connectivity index (χ3n) is 3.53. The molecule has 0 spiro atoms. The molecule has 118 valence electrons. The number of ether oxygens (including phenoxy) is 1. The second kappa shape index (κ2) is 8.03. The van der Waals surface area contributed by atoms with Gasteiger partial charge in [-0.15, -0.1) is 0 Å². The van der Waals surface area contributed by atoms with E-state index in [1.807, 2.05) is 29.2 Å². The number of carbonyl (C=O) groups excluding carboxylic acids is 1. The van der Waals surface area contributed by atoms with E-state index in [1.54, 1.807) is 7.11 Å². The molecule has 0 unspecified atom stereocenters. The van der Waals surface area contributed by atoms with Gasteiger partial charge in [0.15, 0.2) is 0 Å². The quantitative estimate of drug-likeness (QED) is 0.801. The van der Waals surface area contributed by atoms with Crippen molar-refractivity contribution in [2.45, 2.75) is 33.6 Å². The summed E-state index contributed by atoms with van der Waals surface area (Å²) in [4.78, 5) is 14.4. The highest BCUT2D eigenvalue weighted by Gasteiger charge is 2.23. The Hall–Kier alpha value is -1.55. The number of benzene rings is 1. The maximum atomic E-state index is 12.5. The zero-order valence-electron chi connectivity index (χ0n) is 13.7. The summed E-state index contributed by atoms with van der Waals surface area (Å²) in [5.74, 6) is 0.962. The zero-order valence-corrected chi connectivity index (χ0v) is 13.7. The monoisotopic (exact) mass is 292 g/mol. The second-order valence-corrected chi connectivity index (χ2v) is 6.21. The molecule has 1 rings (SSSR count). The van der Waals surface area contributed by atoms with E-state index in [0.717, 1.165) is 24.3 Å². The third kappa shape index (κ3) is 5.76. The summed E-state index contributed by atoms with van der Waals surface area (Å²) in [6.07, 6.45) is 1.37. The fourth-order valence-electron chi connectivity index (χ4n) is 2.17. The van der Waals surface area contributed by atoms with Gasteiger partial charge in [0.25, 0.3) is 0 Å². The standard InChI is InChI=1S/C17H28N2O2/c1-5-10-19(13-17(2,3)12-18)16(20)11-14-6-8-15(21-4)9-7-14/h6-9H,5,10-13,18H2,1-4H3. The van der Waals surface area contributed by atoms with E-state index in [1.165, 1.54) is 0 Å². The Labute approximate surface area is 128 Å². The maximum absolute atomic E-state index is 12.5. The van der Waals surface area contributed by atoms with Gasteiger partial charge in [0, 0.05) is 13.1 Å². The first-order valence-corrected chi connectivity index (χ1v) is 7.52. The van der Waals surface area contributed by atoms with Crippen molar-refractivity contribution in [2.24, 2.45) is 11.1 Å². The minimum atomic E-state index is -0.0509. The number of nitrogens with two attached hydrogens (primary N) is 1. The van der Waals surface area contributed by atoms with Gasteiger partial charge >= 0.3 is 0 Å². The van der Waals surface area contributed by atoms with Gasteiger partial charge in [-0.3, -0.25) is 4.79 Å². The highest BCUT2D eigenvalue weighted by molar-refractivity contribution is 5.78. The first-order chi connectivity index (χ1) is 9.91. The normalized spacial score (nSPS) is 11.3. The van der Waals surface area contributed by atoms with Gasteiger partial charge in [-0.05, 0) is 36.1 Å². The average molecular weight is 292 g/mol. The van der Waals surface area contributed by atoms with Gasteiger partial charge in [0.2, 0.25) is 5.91 Å². The Morgan fingerprint density at radius 3 is 2.38 bits per heavy atom. The van der Waals surface area contributed by atoms with Gasteiger partial charge in [0.1, 0.15) is 5.75 Å². The molecule has 0 fully saturated rings. The van der Waals surface area contributed by atoms with Crippen LogP contribution in [0.2, 0.25) is 0 Å². The van der Waals surface area contributed by atoms with Crippen molar-refractivity contribution in [1.82, 2.24) is 4.90 Å². The van der Waals surface area contributed by atoms with E-state index < -0.39 is 0 Å². The fraction of sp³-hybridized carbons (Fsp3) is 0.588. The number of carbonyl (C=O) groups is 1. The van der Waals surface area contributed by atoms with Gasteiger partial charge < -0.3 is 15.4 Å². The van der Waals surface area contributed by atoms with Crippen molar-refractivity contribution in [2.75, 3.05) is 26.7 Å². The molecule has 21 heavy (non-hydrogen) atoms. The summed E-state index contributed by atoms with van der Waals surface area (Å²) >= 11 is 0. The smallest absolute Gasteiger partial charge is 0.227 e. The first kappa shape index (κ1) is 17.5. The fourth-order valence-corrected chi connectivity index (χ4v) is 2.17. The van der Waals surface area contributed by atoms with Crippen LogP contribution in [-0.4, -0.2) is 37.6 Å². The lowest BCUT2D eigenvalue weighted by Gasteiger charge is -2.32. The van der Waals surface area contributed by atoms with Crippen molar-refractivity contribution in [3.8, 4) is 5.75 Å². The predicted octanol–water partition coefficient (Wildman–Crippen LogP) is 2.46. The predicted molar refractivity (Wildman–Crippen MR) is 86.4 cm³/mol. The number of nitrogens with zero attached hydrogens (tertiary/aromatic N) is 1. The zero-order chi connectivity index (χ0) is 15.9. The Morgan fingerprint density at radius 2 is 1.90 bits per heavy atom. The molecule has 0 aliphatic heterocycles. The summed E-state index contributed by atoms with van der Waals surface area (Å²) in [6.45, 7) is 8.32. The van der Waals surface area contributed by atoms with E-state index in [4.69, 9.17) is 10.5 Å². The molecule has 0 bridgehead atoms. The van der Waals surface area contributed by atoms with Crippen LogP contribution in [0, 0.1) is 5.41 Å². The van der Waals surface area contributed by atoms with Crippen LogP contribution in [0.3, 0.4) is 0 Å². The number of methoxy groups -OCH3 is 1. The molecule has 0 aromatic heterocycles. The molecular formula is C17H28N2O2. The first-order valence-electron chi connectivity index (χ1n) is 7.52. The molecule has 1 aromatic rings. The molecule has 0 radical (unpaired) electrons. The highest BCUT2D eigenvalue weighted by Crippen LogP contribution is 2.17. The van der Waals surface area contributed by atoms with Crippen LogP contribution < -0.4 is 10.5 Å². The van der Waals surface area contributed by atoms with Crippen LogP contribution in [0.15, 0.2) is 24.3 Å². The number of rotatable bonds is 8. The van der Waals surface area contributed by atoms with E-state index in [9.17, 15) is 4.79 Å². The lowest BCUT2D eigenvalue weighted by atomic mass is 9.92. The van der Waals surface area contributed by atoms with Crippen molar-refractivity contribution >= 4 is 5.91 Å². The third-order valence-corrected chi connectivity index (χ3v) is 3.53. The summed E-state index contributed by atoms with van der Waals surface area (Å²) < 4.78 is 5.13. The summed E-state index contributed by atoms with van der Waals surface area (Å²) in [5.41, 5.74) is 6.74. The van der Waals surface area contributed by atoms with Crippen LogP contribution >= 0.6 is 0 Å². The summed E-state index contributed by atoms with van der Waals surface area (Å²) in [6, 6.07) is 7.65. The molecule has 0 saturated heterocycles. The minimum absolute atomic E-state index is 0.0509. The molecule has 0 heterocycles. The summed E-state index contributed by atoms with van der Waals surface area (Å²) in [5, 5.41) is 0. The molecule has 1 aromatic carbocycles. The molecule has 1 amide bonds. The van der Waals surface area contributed by atoms with E-state index >= 15 is 0 Å². The van der Waals surface area contributed by atoms with Crippen LogP contribution in [0.4, 0.5) is 0 Å². The second-order valence-electron chi connectivity index (χ2n) is 6.21.